The third-order valence-corrected chi connectivity index (χ3v) is 4.94. The first-order valence-electron chi connectivity index (χ1n) is 8.18. The Morgan fingerprint density at radius 1 is 0.958 bits per heavy atom. The Kier molecular flexibility index (Phi) is 4.38. The van der Waals surface area contributed by atoms with Gasteiger partial charge in [-0.1, -0.05) is 48.0 Å². The topological polar surface area (TPSA) is 57.6 Å². The minimum Gasteiger partial charge on any atom is -0.481 e. The lowest BCUT2D eigenvalue weighted by molar-refractivity contribution is -0.145. The lowest BCUT2D eigenvalue weighted by Crippen LogP contribution is -2.49. The number of nitrogens with zero attached hydrogens (tertiary/aromatic N) is 1. The van der Waals surface area contributed by atoms with Crippen molar-refractivity contribution >= 4 is 11.9 Å². The van der Waals surface area contributed by atoms with Gasteiger partial charge in [0.1, 0.15) is 0 Å². The first-order chi connectivity index (χ1) is 11.5. The molecule has 4 heteroatoms. The molecule has 4 nitrogen and oxygen atoms in total. The molecule has 1 heterocycles. The third-order valence-electron chi connectivity index (χ3n) is 4.94. The third kappa shape index (κ3) is 2.92. The molecule has 2 aromatic carbocycles. The molecule has 0 aromatic heterocycles. The molecule has 0 radical (unpaired) electrons. The smallest absolute Gasteiger partial charge is 0.314 e. The zero-order valence-corrected chi connectivity index (χ0v) is 13.7. The number of carboxylic acid groups (broad SMARTS) is 1. The number of benzene rings is 2. The van der Waals surface area contributed by atoms with Gasteiger partial charge in [0.15, 0.2) is 0 Å². The number of hydrogen-bond acceptors (Lipinski definition) is 2. The molecule has 2 aromatic rings. The van der Waals surface area contributed by atoms with Crippen LogP contribution >= 0.6 is 0 Å². The van der Waals surface area contributed by atoms with E-state index in [0.717, 1.165) is 11.1 Å². The maximum absolute atomic E-state index is 12.6. The van der Waals surface area contributed by atoms with E-state index >= 15 is 0 Å². The van der Waals surface area contributed by atoms with Crippen molar-refractivity contribution in [2.24, 2.45) is 0 Å². The number of carbonyl (C=O) groups excluding carboxylic acids is 1. The van der Waals surface area contributed by atoms with Crippen LogP contribution in [0, 0.1) is 6.92 Å². The number of aliphatic carboxylic acids is 1. The van der Waals surface area contributed by atoms with Crippen LogP contribution in [0.1, 0.15) is 34.3 Å². The molecule has 0 bridgehead atoms. The van der Waals surface area contributed by atoms with Gasteiger partial charge in [0.2, 0.25) is 0 Å². The van der Waals surface area contributed by atoms with Gasteiger partial charge < -0.3 is 10.0 Å². The van der Waals surface area contributed by atoms with E-state index in [9.17, 15) is 14.7 Å². The van der Waals surface area contributed by atoms with Crippen LogP contribution in [-0.4, -0.2) is 35.0 Å². The SMILES string of the molecule is Cc1ccc(C(=O)N2CCC(C(=O)O)(c3ccccc3)CC2)cc1. The number of aryl methyl sites for hydroxylation is 1. The number of piperidine rings is 1. The molecular formula is C20H21NO3. The van der Waals surface area contributed by atoms with Crippen LogP contribution in [0.15, 0.2) is 54.6 Å². The van der Waals surface area contributed by atoms with E-state index in [-0.39, 0.29) is 5.91 Å². The van der Waals surface area contributed by atoms with Crippen molar-refractivity contribution in [2.75, 3.05) is 13.1 Å². The Labute approximate surface area is 141 Å². The second-order valence-corrected chi connectivity index (χ2v) is 6.41. The standard InChI is InChI=1S/C20H21NO3/c1-15-7-9-16(10-8-15)18(22)21-13-11-20(12-14-21,19(23)24)17-5-3-2-4-6-17/h2-10H,11-14H2,1H3,(H,23,24). The highest BCUT2D eigenvalue weighted by molar-refractivity contribution is 5.94. The second kappa shape index (κ2) is 6.48. The number of carboxylic acids is 1. The monoisotopic (exact) mass is 323 g/mol. The Balaban J connectivity index is 1.77. The van der Waals surface area contributed by atoms with Crippen LogP contribution in [0.4, 0.5) is 0 Å². The molecule has 0 unspecified atom stereocenters. The average molecular weight is 323 g/mol. The highest BCUT2D eigenvalue weighted by Gasteiger charge is 2.43. The molecule has 1 amide bonds. The molecule has 0 spiro atoms. The van der Waals surface area contributed by atoms with Crippen LogP contribution in [0.25, 0.3) is 0 Å². The molecule has 1 N–H and O–H groups in total. The quantitative estimate of drug-likeness (QED) is 0.943. The van der Waals surface area contributed by atoms with Crippen molar-refractivity contribution in [2.45, 2.75) is 25.2 Å². The summed E-state index contributed by atoms with van der Waals surface area (Å²) in [6.45, 7) is 2.89. The van der Waals surface area contributed by atoms with Gasteiger partial charge in [-0.25, -0.2) is 0 Å². The van der Waals surface area contributed by atoms with E-state index < -0.39 is 11.4 Å². The Morgan fingerprint density at radius 2 is 1.54 bits per heavy atom. The summed E-state index contributed by atoms with van der Waals surface area (Å²) in [5.74, 6) is -0.835. The van der Waals surface area contributed by atoms with E-state index in [0.29, 0.717) is 31.5 Å². The van der Waals surface area contributed by atoms with Crippen molar-refractivity contribution in [1.29, 1.82) is 0 Å². The summed E-state index contributed by atoms with van der Waals surface area (Å²) in [5, 5.41) is 9.81. The largest absolute Gasteiger partial charge is 0.481 e. The molecule has 0 saturated carbocycles. The van der Waals surface area contributed by atoms with Crippen LogP contribution in [0.2, 0.25) is 0 Å². The Morgan fingerprint density at radius 3 is 2.08 bits per heavy atom. The van der Waals surface area contributed by atoms with E-state index in [1.165, 1.54) is 0 Å². The fourth-order valence-corrected chi connectivity index (χ4v) is 3.35. The second-order valence-electron chi connectivity index (χ2n) is 6.41. The van der Waals surface area contributed by atoms with Crippen LogP contribution in [-0.2, 0) is 10.2 Å². The van der Waals surface area contributed by atoms with Gasteiger partial charge in [-0.05, 0) is 37.5 Å². The molecular weight excluding hydrogens is 302 g/mol. The summed E-state index contributed by atoms with van der Waals surface area (Å²) in [4.78, 5) is 26.3. The highest BCUT2D eigenvalue weighted by atomic mass is 16.4. The fourth-order valence-electron chi connectivity index (χ4n) is 3.35. The number of likely N-dealkylation sites (tertiary alicyclic amines) is 1. The molecule has 1 saturated heterocycles. The number of hydrogen-bond donors (Lipinski definition) is 1. The number of amides is 1. The maximum atomic E-state index is 12.6. The van der Waals surface area contributed by atoms with Crippen molar-refractivity contribution < 1.29 is 14.7 Å². The zero-order valence-electron chi connectivity index (χ0n) is 13.7. The van der Waals surface area contributed by atoms with Gasteiger partial charge in [-0.15, -0.1) is 0 Å². The summed E-state index contributed by atoms with van der Waals surface area (Å²) in [7, 11) is 0. The van der Waals surface area contributed by atoms with Gasteiger partial charge >= 0.3 is 5.97 Å². The molecule has 24 heavy (non-hydrogen) atoms. The predicted octanol–water partition coefficient (Wildman–Crippen LogP) is 3.25. The lowest BCUT2D eigenvalue weighted by atomic mass is 9.73. The van der Waals surface area contributed by atoms with E-state index in [4.69, 9.17) is 0 Å². The van der Waals surface area contributed by atoms with Crippen molar-refractivity contribution in [3.05, 3.63) is 71.3 Å². The Hall–Kier alpha value is -2.62. The lowest BCUT2D eigenvalue weighted by Gasteiger charge is -2.39. The van der Waals surface area contributed by atoms with Gasteiger partial charge in [0.05, 0.1) is 5.41 Å². The highest BCUT2D eigenvalue weighted by Crippen LogP contribution is 2.36. The summed E-state index contributed by atoms with van der Waals surface area (Å²) in [6.07, 6.45) is 0.869. The van der Waals surface area contributed by atoms with Crippen molar-refractivity contribution in [3.8, 4) is 0 Å². The molecule has 3 rings (SSSR count). The van der Waals surface area contributed by atoms with E-state index in [2.05, 4.69) is 0 Å². The van der Waals surface area contributed by atoms with Gasteiger partial charge in [0, 0.05) is 18.7 Å². The van der Waals surface area contributed by atoms with Crippen molar-refractivity contribution in [3.63, 3.8) is 0 Å². The molecule has 124 valence electrons. The van der Waals surface area contributed by atoms with Gasteiger partial charge in [-0.2, -0.15) is 0 Å². The average Bonchev–Trinajstić information content (AvgIpc) is 2.62. The van der Waals surface area contributed by atoms with Crippen LogP contribution in [0.5, 0.6) is 0 Å². The molecule has 0 atom stereocenters. The summed E-state index contributed by atoms with van der Waals surface area (Å²) >= 11 is 0. The zero-order chi connectivity index (χ0) is 17.2. The van der Waals surface area contributed by atoms with Gasteiger partial charge in [0.25, 0.3) is 5.91 Å². The fraction of sp³-hybridized carbons (Fsp3) is 0.300. The first-order valence-corrected chi connectivity index (χ1v) is 8.18. The summed E-state index contributed by atoms with van der Waals surface area (Å²) < 4.78 is 0. The minimum absolute atomic E-state index is 0.0259. The predicted molar refractivity (Wildman–Crippen MR) is 92.1 cm³/mol. The van der Waals surface area contributed by atoms with Crippen LogP contribution < -0.4 is 0 Å². The molecule has 0 aliphatic carbocycles. The first kappa shape index (κ1) is 16.2. The van der Waals surface area contributed by atoms with E-state index in [1.807, 2.05) is 61.5 Å². The molecule has 1 fully saturated rings. The van der Waals surface area contributed by atoms with Crippen molar-refractivity contribution in [1.82, 2.24) is 4.90 Å². The maximum Gasteiger partial charge on any atom is 0.314 e. The molecule has 1 aliphatic heterocycles. The van der Waals surface area contributed by atoms with Gasteiger partial charge in [-0.3, -0.25) is 9.59 Å². The van der Waals surface area contributed by atoms with Crippen LogP contribution in [0.3, 0.4) is 0 Å². The number of carbonyl (C=O) groups is 2. The Bertz CT molecular complexity index is 729. The normalized spacial score (nSPS) is 16.6. The summed E-state index contributed by atoms with van der Waals surface area (Å²) in [6, 6.07) is 16.8. The summed E-state index contributed by atoms with van der Waals surface area (Å²) in [5.41, 5.74) is 1.69. The number of rotatable bonds is 3. The molecule has 1 aliphatic rings. The minimum atomic E-state index is -0.898. The van der Waals surface area contributed by atoms with E-state index in [1.54, 1.807) is 4.90 Å².